The van der Waals surface area contributed by atoms with Crippen LogP contribution in [0.2, 0.25) is 0 Å². The SMILES string of the molecule is NC(=O)C(=O)C(Cc1ccccc1)NC(=O)c1nonc1-c1cccnc1. The minimum atomic E-state index is -1.14. The van der Waals surface area contributed by atoms with Gasteiger partial charge in [0.25, 0.3) is 11.8 Å². The Hall–Kier alpha value is -3.88. The van der Waals surface area contributed by atoms with Crippen LogP contribution in [0, 0.1) is 0 Å². The number of primary amides is 1. The smallest absolute Gasteiger partial charge is 0.287 e. The number of carbonyl (C=O) groups is 3. The molecular weight excluding hydrogens is 350 g/mol. The number of Topliss-reactive ketones (excluding diaryl/α,β-unsaturated/α-hetero) is 1. The summed E-state index contributed by atoms with van der Waals surface area (Å²) in [5, 5.41) is 9.81. The molecule has 2 heterocycles. The molecule has 9 heteroatoms. The van der Waals surface area contributed by atoms with Crippen molar-refractivity contribution in [3.63, 3.8) is 0 Å². The Balaban J connectivity index is 1.84. The molecule has 1 aromatic carbocycles. The highest BCUT2D eigenvalue weighted by molar-refractivity contribution is 6.38. The lowest BCUT2D eigenvalue weighted by molar-refractivity contribution is -0.137. The van der Waals surface area contributed by atoms with E-state index in [1.165, 1.54) is 6.20 Å². The first-order valence-corrected chi connectivity index (χ1v) is 7.97. The average molecular weight is 365 g/mol. The van der Waals surface area contributed by atoms with Crippen molar-refractivity contribution in [3.8, 4) is 11.3 Å². The molecule has 0 radical (unpaired) electrons. The van der Waals surface area contributed by atoms with Crippen LogP contribution in [-0.2, 0) is 16.0 Å². The highest BCUT2D eigenvalue weighted by Crippen LogP contribution is 2.19. The molecule has 2 amide bonds. The van der Waals surface area contributed by atoms with Crippen molar-refractivity contribution < 1.29 is 19.0 Å². The van der Waals surface area contributed by atoms with Gasteiger partial charge in [0.2, 0.25) is 5.78 Å². The highest BCUT2D eigenvalue weighted by Gasteiger charge is 2.28. The van der Waals surface area contributed by atoms with Crippen molar-refractivity contribution in [2.45, 2.75) is 12.5 Å². The summed E-state index contributed by atoms with van der Waals surface area (Å²) in [5.41, 5.74) is 6.43. The fourth-order valence-electron chi connectivity index (χ4n) is 2.49. The van der Waals surface area contributed by atoms with Crippen molar-refractivity contribution >= 4 is 17.6 Å². The van der Waals surface area contributed by atoms with Gasteiger partial charge < -0.3 is 11.1 Å². The predicted molar refractivity (Wildman–Crippen MR) is 93.1 cm³/mol. The lowest BCUT2D eigenvalue weighted by Gasteiger charge is -2.15. The molecule has 27 heavy (non-hydrogen) atoms. The van der Waals surface area contributed by atoms with Gasteiger partial charge in [0.05, 0.1) is 0 Å². The zero-order chi connectivity index (χ0) is 19.2. The second kappa shape index (κ2) is 8.00. The topological polar surface area (TPSA) is 141 Å². The molecule has 0 fully saturated rings. The van der Waals surface area contributed by atoms with Gasteiger partial charge in [0.1, 0.15) is 11.7 Å². The monoisotopic (exact) mass is 365 g/mol. The van der Waals surface area contributed by atoms with E-state index >= 15 is 0 Å². The summed E-state index contributed by atoms with van der Waals surface area (Å²) >= 11 is 0. The molecule has 0 spiro atoms. The fraction of sp³-hybridized carbons (Fsp3) is 0.111. The fourth-order valence-corrected chi connectivity index (χ4v) is 2.49. The number of nitrogens with zero attached hydrogens (tertiary/aromatic N) is 3. The number of hydrogen-bond donors (Lipinski definition) is 2. The summed E-state index contributed by atoms with van der Waals surface area (Å²) in [6.07, 6.45) is 3.16. The third-order valence-corrected chi connectivity index (χ3v) is 3.79. The van der Waals surface area contributed by atoms with Crippen LogP contribution in [0.15, 0.2) is 59.5 Å². The largest absolute Gasteiger partial charge is 0.363 e. The maximum atomic E-state index is 12.6. The molecule has 1 unspecified atom stereocenters. The van der Waals surface area contributed by atoms with Crippen molar-refractivity contribution in [3.05, 3.63) is 66.1 Å². The first-order chi connectivity index (χ1) is 13.1. The minimum Gasteiger partial charge on any atom is -0.363 e. The minimum absolute atomic E-state index is 0.0991. The summed E-state index contributed by atoms with van der Waals surface area (Å²) in [6, 6.07) is 11.1. The molecule has 9 nitrogen and oxygen atoms in total. The van der Waals surface area contributed by atoms with E-state index in [1.807, 2.05) is 6.07 Å². The lowest BCUT2D eigenvalue weighted by Crippen LogP contribution is -2.47. The van der Waals surface area contributed by atoms with Gasteiger partial charge in [-0.1, -0.05) is 30.3 Å². The quantitative estimate of drug-likeness (QED) is 0.582. The Bertz CT molecular complexity index is 956. The molecule has 0 saturated heterocycles. The second-order valence-corrected chi connectivity index (χ2v) is 5.65. The zero-order valence-corrected chi connectivity index (χ0v) is 14.0. The molecule has 3 rings (SSSR count). The third kappa shape index (κ3) is 4.21. The summed E-state index contributed by atoms with van der Waals surface area (Å²) in [4.78, 5) is 40.1. The van der Waals surface area contributed by atoms with Gasteiger partial charge in [-0.3, -0.25) is 19.4 Å². The normalized spacial score (nSPS) is 11.6. The molecule has 3 aromatic rings. The van der Waals surface area contributed by atoms with Crippen molar-refractivity contribution in [1.82, 2.24) is 20.6 Å². The maximum absolute atomic E-state index is 12.6. The van der Waals surface area contributed by atoms with Crippen LogP contribution < -0.4 is 11.1 Å². The van der Waals surface area contributed by atoms with Crippen LogP contribution in [-0.4, -0.2) is 38.9 Å². The second-order valence-electron chi connectivity index (χ2n) is 5.65. The number of benzene rings is 1. The van der Waals surface area contributed by atoms with Crippen LogP contribution in [0.3, 0.4) is 0 Å². The Labute approximate surface area is 153 Å². The van der Waals surface area contributed by atoms with E-state index in [2.05, 4.69) is 25.2 Å². The zero-order valence-electron chi connectivity index (χ0n) is 14.0. The number of nitrogens with two attached hydrogens (primary N) is 1. The molecule has 0 aliphatic rings. The number of nitrogens with one attached hydrogen (secondary N) is 1. The maximum Gasteiger partial charge on any atom is 0.287 e. The van der Waals surface area contributed by atoms with E-state index in [0.29, 0.717) is 5.56 Å². The van der Waals surface area contributed by atoms with E-state index in [-0.39, 0.29) is 17.8 Å². The average Bonchev–Trinajstić information content (AvgIpc) is 3.18. The van der Waals surface area contributed by atoms with Crippen LogP contribution in [0.5, 0.6) is 0 Å². The third-order valence-electron chi connectivity index (χ3n) is 3.79. The number of rotatable bonds is 7. The van der Waals surface area contributed by atoms with Crippen LogP contribution in [0.1, 0.15) is 16.1 Å². The van der Waals surface area contributed by atoms with E-state index in [1.54, 1.807) is 42.6 Å². The number of ketones is 1. The van der Waals surface area contributed by atoms with Crippen LogP contribution in [0.25, 0.3) is 11.3 Å². The molecule has 0 saturated carbocycles. The lowest BCUT2D eigenvalue weighted by atomic mass is 10.0. The van der Waals surface area contributed by atoms with E-state index < -0.39 is 23.6 Å². The first-order valence-electron chi connectivity index (χ1n) is 7.97. The molecule has 0 aliphatic carbocycles. The summed E-state index contributed by atoms with van der Waals surface area (Å²) in [6.45, 7) is 0. The van der Waals surface area contributed by atoms with Crippen molar-refractivity contribution in [2.75, 3.05) is 0 Å². The Morgan fingerprint density at radius 2 is 1.85 bits per heavy atom. The van der Waals surface area contributed by atoms with Gasteiger partial charge >= 0.3 is 0 Å². The number of pyridine rings is 1. The van der Waals surface area contributed by atoms with E-state index in [9.17, 15) is 14.4 Å². The number of hydrogen-bond acceptors (Lipinski definition) is 7. The Morgan fingerprint density at radius 1 is 1.07 bits per heavy atom. The summed E-state index contributed by atoms with van der Waals surface area (Å²) in [7, 11) is 0. The summed E-state index contributed by atoms with van der Waals surface area (Å²) in [5.74, 6) is -2.76. The predicted octanol–water partition coefficient (Wildman–Crippen LogP) is 0.527. The van der Waals surface area contributed by atoms with Crippen LogP contribution in [0.4, 0.5) is 0 Å². The standard InChI is InChI=1S/C18H15N5O4/c19-17(25)16(24)13(9-11-5-2-1-3-6-11)21-18(26)15-14(22-27-23-15)12-7-4-8-20-10-12/h1-8,10,13H,9H2,(H2,19,25)(H,21,26). The number of amides is 2. The Morgan fingerprint density at radius 3 is 2.52 bits per heavy atom. The van der Waals surface area contributed by atoms with Gasteiger partial charge in [-0.15, -0.1) is 0 Å². The van der Waals surface area contributed by atoms with Crippen molar-refractivity contribution in [1.29, 1.82) is 0 Å². The van der Waals surface area contributed by atoms with Gasteiger partial charge in [-0.05, 0) is 28.0 Å². The summed E-state index contributed by atoms with van der Waals surface area (Å²) < 4.78 is 4.66. The highest BCUT2D eigenvalue weighted by atomic mass is 16.6. The first kappa shape index (κ1) is 17.9. The molecule has 3 N–H and O–H groups in total. The van der Waals surface area contributed by atoms with Gasteiger partial charge in [-0.2, -0.15) is 0 Å². The Kier molecular flexibility index (Phi) is 5.31. The molecule has 2 aromatic heterocycles. The van der Waals surface area contributed by atoms with Crippen molar-refractivity contribution in [2.24, 2.45) is 5.73 Å². The number of aromatic nitrogens is 3. The molecular formula is C18H15N5O4. The molecule has 136 valence electrons. The van der Waals surface area contributed by atoms with Gasteiger partial charge in [-0.25, -0.2) is 4.63 Å². The molecule has 0 bridgehead atoms. The van der Waals surface area contributed by atoms with E-state index in [4.69, 9.17) is 5.73 Å². The number of carbonyl (C=O) groups excluding carboxylic acids is 3. The molecule has 1 atom stereocenters. The van der Waals surface area contributed by atoms with Crippen LogP contribution >= 0.6 is 0 Å². The van der Waals surface area contributed by atoms with E-state index in [0.717, 1.165) is 5.56 Å². The van der Waals surface area contributed by atoms with Gasteiger partial charge in [0.15, 0.2) is 5.69 Å². The van der Waals surface area contributed by atoms with Gasteiger partial charge in [0, 0.05) is 24.4 Å². The molecule has 0 aliphatic heterocycles.